The summed E-state index contributed by atoms with van der Waals surface area (Å²) in [5.41, 5.74) is 0.432. The van der Waals surface area contributed by atoms with Crippen LogP contribution in [0.2, 0.25) is 0 Å². The van der Waals surface area contributed by atoms with Crippen LogP contribution < -0.4 is 14.7 Å². The number of benzene rings is 1. The predicted molar refractivity (Wildman–Crippen MR) is 114 cm³/mol. The standard InChI is InChI=1S/C20H20FN5O6S/c1-12(27)32-11-18(28)23-13-4-5-25(10-13)17-3-2-14(8-15(17)21)26(6-7-31-20(26)30)19(29)16-9-22-33-24-16/h2-3,8-9,13H,4-7,10-11H2,1H3/p+1/t13-,26?/m0/s1. The summed E-state index contributed by atoms with van der Waals surface area (Å²) in [5, 5.41) is 2.75. The number of carbonyl (C=O) groups is 4. The zero-order chi connectivity index (χ0) is 23.6. The van der Waals surface area contributed by atoms with E-state index in [9.17, 15) is 19.2 Å². The molecule has 174 valence electrons. The van der Waals surface area contributed by atoms with Gasteiger partial charge in [-0.3, -0.25) is 9.59 Å². The van der Waals surface area contributed by atoms with Gasteiger partial charge in [-0.1, -0.05) is 0 Å². The maximum atomic E-state index is 15.2. The van der Waals surface area contributed by atoms with E-state index in [1.807, 2.05) is 0 Å². The van der Waals surface area contributed by atoms with Gasteiger partial charge >= 0.3 is 18.0 Å². The second-order valence-electron chi connectivity index (χ2n) is 7.66. The van der Waals surface area contributed by atoms with Gasteiger partial charge in [0.05, 0.1) is 23.6 Å². The van der Waals surface area contributed by atoms with Gasteiger partial charge in [0.1, 0.15) is 13.2 Å². The number of amides is 3. The first kappa shape index (κ1) is 22.7. The molecule has 2 aliphatic rings. The Balaban J connectivity index is 1.51. The first-order valence-corrected chi connectivity index (χ1v) is 10.9. The van der Waals surface area contributed by atoms with Crippen molar-refractivity contribution in [3.63, 3.8) is 0 Å². The molecule has 3 amide bonds. The number of esters is 1. The van der Waals surface area contributed by atoms with Crippen LogP contribution in [0, 0.1) is 5.82 Å². The van der Waals surface area contributed by atoms with Crippen molar-refractivity contribution in [1.82, 2.24) is 18.5 Å². The summed E-state index contributed by atoms with van der Waals surface area (Å²) in [6.07, 6.45) is 1.05. The minimum atomic E-state index is -0.822. The lowest BCUT2D eigenvalue weighted by Gasteiger charge is -2.25. The van der Waals surface area contributed by atoms with E-state index < -0.39 is 34.2 Å². The van der Waals surface area contributed by atoms with Crippen molar-refractivity contribution in [2.75, 3.05) is 37.7 Å². The van der Waals surface area contributed by atoms with E-state index in [0.717, 1.165) is 17.8 Å². The number of imide groups is 1. The SMILES string of the molecule is CC(=O)OCC(=O)N[C@H]1CCN(c2ccc([N+]3(C(=O)c4cnsn4)CCOC3=O)cc2F)C1. The Morgan fingerprint density at radius 1 is 1.39 bits per heavy atom. The number of hydrogen-bond donors (Lipinski definition) is 1. The molecule has 0 radical (unpaired) electrons. The number of hydrogen-bond acceptors (Lipinski definition) is 10. The average molecular weight is 478 g/mol. The third-order valence-corrected chi connectivity index (χ3v) is 6.04. The van der Waals surface area contributed by atoms with Gasteiger partial charge in [-0.25, -0.2) is 9.18 Å². The highest BCUT2D eigenvalue weighted by Crippen LogP contribution is 2.35. The molecular formula is C20H21FN5O6S+. The first-order valence-electron chi connectivity index (χ1n) is 10.2. The number of anilines is 1. The van der Waals surface area contributed by atoms with Crippen molar-refractivity contribution in [1.29, 1.82) is 0 Å². The van der Waals surface area contributed by atoms with Gasteiger partial charge in [-0.15, -0.1) is 4.48 Å². The second kappa shape index (κ2) is 9.19. The fraction of sp³-hybridized carbons (Fsp3) is 0.400. The van der Waals surface area contributed by atoms with Crippen LogP contribution in [0.5, 0.6) is 0 Å². The van der Waals surface area contributed by atoms with E-state index in [2.05, 4.69) is 18.8 Å². The molecule has 4 rings (SSSR count). The van der Waals surface area contributed by atoms with Crippen LogP contribution in [0.4, 0.5) is 20.6 Å². The van der Waals surface area contributed by atoms with Gasteiger partial charge in [0, 0.05) is 38.2 Å². The van der Waals surface area contributed by atoms with E-state index >= 15 is 4.39 Å². The Kier molecular flexibility index (Phi) is 6.33. The molecule has 0 spiro atoms. The first-order chi connectivity index (χ1) is 15.8. The number of halogens is 1. The number of nitrogens with zero attached hydrogens (tertiary/aromatic N) is 4. The number of rotatable bonds is 6. The van der Waals surface area contributed by atoms with Crippen LogP contribution in [-0.4, -0.2) is 71.5 Å². The molecule has 0 aliphatic carbocycles. The second-order valence-corrected chi connectivity index (χ2v) is 8.22. The highest BCUT2D eigenvalue weighted by molar-refractivity contribution is 6.99. The molecule has 2 atom stereocenters. The summed E-state index contributed by atoms with van der Waals surface area (Å²) in [6, 6.07) is 3.95. The summed E-state index contributed by atoms with van der Waals surface area (Å²) in [7, 11) is 0. The molecule has 1 unspecified atom stereocenters. The number of nitrogens with one attached hydrogen (secondary N) is 1. The third-order valence-electron chi connectivity index (χ3n) is 5.56. The summed E-state index contributed by atoms with van der Waals surface area (Å²) in [4.78, 5) is 50.2. The monoisotopic (exact) mass is 478 g/mol. The molecular weight excluding hydrogens is 457 g/mol. The smallest absolute Gasteiger partial charge is 0.456 e. The summed E-state index contributed by atoms with van der Waals surface area (Å²) in [5.74, 6) is -2.22. The maximum absolute atomic E-state index is 15.2. The predicted octanol–water partition coefficient (Wildman–Crippen LogP) is 1.23. The molecule has 33 heavy (non-hydrogen) atoms. The number of aromatic nitrogens is 2. The normalized spacial score (nSPS) is 22.2. The van der Waals surface area contributed by atoms with E-state index in [1.165, 1.54) is 25.3 Å². The lowest BCUT2D eigenvalue weighted by molar-refractivity contribution is -0.146. The fourth-order valence-electron chi connectivity index (χ4n) is 3.99. The van der Waals surface area contributed by atoms with E-state index in [0.29, 0.717) is 19.5 Å². The van der Waals surface area contributed by atoms with E-state index in [1.54, 1.807) is 4.90 Å². The summed E-state index contributed by atoms with van der Waals surface area (Å²) >= 11 is 0.835. The van der Waals surface area contributed by atoms with Crippen LogP contribution in [0.1, 0.15) is 23.8 Å². The van der Waals surface area contributed by atoms with Crippen LogP contribution in [0.3, 0.4) is 0 Å². The Labute approximate surface area is 192 Å². The molecule has 13 heteroatoms. The topological polar surface area (TPSA) is 128 Å². The number of carbonyl (C=O) groups excluding carboxylic acids is 4. The van der Waals surface area contributed by atoms with Gasteiger partial charge in [0.25, 0.3) is 5.91 Å². The number of quaternary nitrogens is 1. The summed E-state index contributed by atoms with van der Waals surface area (Å²) in [6.45, 7) is 1.73. The number of ether oxygens (including phenoxy) is 2. The number of cyclic esters (lactones) is 1. The molecule has 1 N–H and O–H groups in total. The minimum absolute atomic E-state index is 0.00946. The molecule has 2 saturated heterocycles. The van der Waals surface area contributed by atoms with Gasteiger partial charge in [-0.2, -0.15) is 13.5 Å². The van der Waals surface area contributed by atoms with Crippen molar-refractivity contribution >= 4 is 47.0 Å². The van der Waals surface area contributed by atoms with Crippen LogP contribution >= 0.6 is 11.7 Å². The maximum Gasteiger partial charge on any atom is 0.529 e. The summed E-state index contributed by atoms with van der Waals surface area (Å²) < 4.78 is 31.8. The van der Waals surface area contributed by atoms with Gasteiger partial charge in [0.2, 0.25) is 5.69 Å². The largest absolute Gasteiger partial charge is 0.529 e. The van der Waals surface area contributed by atoms with Crippen LogP contribution in [0.15, 0.2) is 24.4 Å². The molecule has 0 bridgehead atoms. The van der Waals surface area contributed by atoms with Crippen LogP contribution in [-0.2, 0) is 19.1 Å². The van der Waals surface area contributed by atoms with Crippen molar-refractivity contribution in [2.45, 2.75) is 19.4 Å². The third kappa shape index (κ3) is 4.41. The molecule has 2 aromatic rings. The average Bonchev–Trinajstić information content (AvgIpc) is 3.53. The van der Waals surface area contributed by atoms with Crippen LogP contribution in [0.25, 0.3) is 0 Å². The van der Waals surface area contributed by atoms with Crippen molar-refractivity contribution in [2.24, 2.45) is 0 Å². The lowest BCUT2D eigenvalue weighted by atomic mass is 10.2. The molecule has 1 aromatic heterocycles. The molecule has 2 fully saturated rings. The molecule has 0 saturated carbocycles. The van der Waals surface area contributed by atoms with Gasteiger partial charge < -0.3 is 19.7 Å². The molecule has 2 aliphatic heterocycles. The highest BCUT2D eigenvalue weighted by Gasteiger charge is 2.54. The zero-order valence-corrected chi connectivity index (χ0v) is 18.5. The van der Waals surface area contributed by atoms with Crippen molar-refractivity contribution in [3.8, 4) is 0 Å². The Bertz CT molecular complexity index is 1100. The fourth-order valence-corrected chi connectivity index (χ4v) is 4.39. The Morgan fingerprint density at radius 3 is 2.85 bits per heavy atom. The van der Waals surface area contributed by atoms with Gasteiger partial charge in [-0.05, 0) is 12.5 Å². The molecule has 11 nitrogen and oxygen atoms in total. The Morgan fingerprint density at radius 2 is 2.21 bits per heavy atom. The highest BCUT2D eigenvalue weighted by atomic mass is 32.1. The Hall–Kier alpha value is -3.45. The molecule has 3 heterocycles. The zero-order valence-electron chi connectivity index (χ0n) is 17.7. The van der Waals surface area contributed by atoms with Crippen molar-refractivity contribution in [3.05, 3.63) is 35.9 Å². The lowest BCUT2D eigenvalue weighted by Crippen LogP contribution is -2.55. The van der Waals surface area contributed by atoms with E-state index in [4.69, 9.17) is 4.74 Å². The van der Waals surface area contributed by atoms with Gasteiger partial charge in [0.15, 0.2) is 18.1 Å². The minimum Gasteiger partial charge on any atom is -0.456 e. The molecule has 1 aromatic carbocycles. The van der Waals surface area contributed by atoms with E-state index in [-0.39, 0.29) is 42.9 Å². The van der Waals surface area contributed by atoms with Crippen molar-refractivity contribution < 1.29 is 33.0 Å². The quantitative estimate of drug-likeness (QED) is 0.482.